The van der Waals surface area contributed by atoms with Crippen LogP contribution in [-0.4, -0.2) is 71.3 Å². The Morgan fingerprint density at radius 1 is 1.25 bits per heavy atom. The van der Waals surface area contributed by atoms with Crippen LogP contribution < -0.4 is 14.9 Å². The van der Waals surface area contributed by atoms with Crippen molar-refractivity contribution in [1.29, 1.82) is 0 Å². The lowest BCUT2D eigenvalue weighted by Gasteiger charge is -2.43. The average Bonchev–Trinajstić information content (AvgIpc) is 3.76. The number of nitrogens with one attached hydrogen (secondary N) is 2. The number of hydrogen-bond acceptors (Lipinski definition) is 10. The van der Waals surface area contributed by atoms with E-state index in [0.29, 0.717) is 29.3 Å². The highest BCUT2D eigenvalue weighted by molar-refractivity contribution is 7.89. The molecule has 0 radical (unpaired) electrons. The van der Waals surface area contributed by atoms with E-state index in [2.05, 4.69) is 20.2 Å². The summed E-state index contributed by atoms with van der Waals surface area (Å²) in [5.41, 5.74) is 1.08. The molecule has 1 aliphatic heterocycles. The molecule has 0 unspecified atom stereocenters. The minimum absolute atomic E-state index is 0.00803. The maximum atomic E-state index is 13.6. The van der Waals surface area contributed by atoms with Crippen molar-refractivity contribution >= 4 is 38.7 Å². The van der Waals surface area contributed by atoms with Crippen LogP contribution in [0.5, 0.6) is 0 Å². The summed E-state index contributed by atoms with van der Waals surface area (Å²) in [7, 11) is -2.64. The molecule has 1 saturated heterocycles. The van der Waals surface area contributed by atoms with Gasteiger partial charge in [-0.15, -0.1) is 10.2 Å². The number of methoxy groups -OCH3 is 1. The molecule has 0 bridgehead atoms. The van der Waals surface area contributed by atoms with E-state index in [4.69, 9.17) is 9.72 Å². The maximum absolute atomic E-state index is 13.6. The molecule has 40 heavy (non-hydrogen) atoms. The lowest BCUT2D eigenvalue weighted by Crippen LogP contribution is -2.64. The summed E-state index contributed by atoms with van der Waals surface area (Å²) in [4.78, 5) is 19.5. The van der Waals surface area contributed by atoms with Gasteiger partial charge in [-0.3, -0.25) is 14.5 Å². The normalized spacial score (nSPS) is 22.2. The Labute approximate surface area is 234 Å². The molecule has 2 N–H and O–H groups in total. The van der Waals surface area contributed by atoms with Crippen molar-refractivity contribution in [1.82, 2.24) is 29.6 Å². The van der Waals surface area contributed by atoms with E-state index in [1.165, 1.54) is 13.3 Å². The molecule has 1 atom stereocenters. The molecule has 0 aromatic carbocycles. The number of anilines is 1. The van der Waals surface area contributed by atoms with Crippen molar-refractivity contribution in [3.05, 3.63) is 23.0 Å². The molecule has 0 spiro atoms. The molecule has 3 aliphatic rings. The number of hydrogen-bond donors (Lipinski definition) is 2. The fourth-order valence-electron chi connectivity index (χ4n) is 5.23. The van der Waals surface area contributed by atoms with Gasteiger partial charge in [0, 0.05) is 36.3 Å². The van der Waals surface area contributed by atoms with E-state index in [9.17, 15) is 22.0 Å². The Morgan fingerprint density at radius 3 is 2.58 bits per heavy atom. The van der Waals surface area contributed by atoms with E-state index in [1.54, 1.807) is 10.5 Å². The van der Waals surface area contributed by atoms with Gasteiger partial charge in [0.1, 0.15) is 16.6 Å². The fourth-order valence-corrected chi connectivity index (χ4v) is 7.46. The number of halogens is 2. The maximum Gasteiger partial charge on any atom is 0.324 e. The Balaban J connectivity index is 1.57. The first-order valence-corrected chi connectivity index (χ1v) is 15.4. The highest BCUT2D eigenvalue weighted by Gasteiger charge is 2.43. The zero-order valence-corrected chi connectivity index (χ0v) is 24.2. The standard InChI is InChI=1S/C25H31F2N7O4S2/c1-24(2)12-33(11-15(29-24)23(35)38-4)16-9-14(40(36,37)32-25(3)7-8-25)10-34-18(17(13-5-6-13)28-20(16)34)21-30-31-22(39-21)19(26)27/h9-10,13,15,19,29,32H,5-8,11-12H2,1-4H3/t15-/m1/s1. The van der Waals surface area contributed by atoms with Gasteiger partial charge in [-0.25, -0.2) is 26.9 Å². The number of imidazole rings is 1. The first kappa shape index (κ1) is 27.4. The molecule has 2 aliphatic carbocycles. The summed E-state index contributed by atoms with van der Waals surface area (Å²) in [5, 5.41) is 10.9. The minimum atomic E-state index is -3.96. The second-order valence-corrected chi connectivity index (χ2v) is 14.5. The number of nitrogens with zero attached hydrogens (tertiary/aromatic N) is 5. The predicted molar refractivity (Wildman–Crippen MR) is 144 cm³/mol. The molecule has 15 heteroatoms. The second kappa shape index (κ2) is 9.39. The van der Waals surface area contributed by atoms with Crippen LogP contribution in [-0.2, 0) is 19.6 Å². The van der Waals surface area contributed by atoms with Crippen LogP contribution in [0, 0.1) is 0 Å². The van der Waals surface area contributed by atoms with Crippen LogP contribution in [0.2, 0.25) is 0 Å². The Kier molecular flexibility index (Phi) is 6.44. The minimum Gasteiger partial charge on any atom is -0.468 e. The third-order valence-corrected chi connectivity index (χ3v) is 10.1. The first-order chi connectivity index (χ1) is 18.8. The number of fused-ring (bicyclic) bond motifs is 1. The highest BCUT2D eigenvalue weighted by Crippen LogP contribution is 2.46. The quantitative estimate of drug-likeness (QED) is 0.377. The van der Waals surface area contributed by atoms with Crippen LogP contribution in [0.1, 0.15) is 69.5 Å². The molecular weight excluding hydrogens is 564 g/mol. The van der Waals surface area contributed by atoms with Crippen LogP contribution in [0.25, 0.3) is 16.3 Å². The lowest BCUT2D eigenvalue weighted by molar-refractivity contribution is -0.143. The van der Waals surface area contributed by atoms with Gasteiger partial charge in [-0.2, -0.15) is 0 Å². The van der Waals surface area contributed by atoms with Crippen molar-refractivity contribution in [2.45, 2.75) is 80.8 Å². The monoisotopic (exact) mass is 595 g/mol. The molecule has 4 heterocycles. The largest absolute Gasteiger partial charge is 0.468 e. The zero-order chi connectivity index (χ0) is 28.6. The summed E-state index contributed by atoms with van der Waals surface area (Å²) in [6, 6.07) is 0.920. The summed E-state index contributed by atoms with van der Waals surface area (Å²) in [6.45, 7) is 6.41. The summed E-state index contributed by atoms with van der Waals surface area (Å²) >= 11 is 0.772. The van der Waals surface area contributed by atoms with Crippen LogP contribution in [0.3, 0.4) is 0 Å². The first-order valence-electron chi connectivity index (χ1n) is 13.1. The average molecular weight is 596 g/mol. The van der Waals surface area contributed by atoms with E-state index >= 15 is 0 Å². The Hall–Kier alpha value is -2.75. The Morgan fingerprint density at radius 2 is 1.98 bits per heavy atom. The number of ether oxygens (including phenoxy) is 1. The molecular formula is C25H31F2N7O4S2. The number of esters is 1. The van der Waals surface area contributed by atoms with Crippen molar-refractivity contribution in [3.63, 3.8) is 0 Å². The number of sulfonamides is 1. The number of carbonyl (C=O) groups is 1. The molecule has 11 nitrogen and oxygen atoms in total. The lowest BCUT2D eigenvalue weighted by atomic mass is 9.98. The van der Waals surface area contributed by atoms with Crippen molar-refractivity contribution < 1.29 is 26.7 Å². The van der Waals surface area contributed by atoms with Crippen LogP contribution >= 0.6 is 11.3 Å². The van der Waals surface area contributed by atoms with E-state index in [1.807, 2.05) is 25.7 Å². The third kappa shape index (κ3) is 5.08. The third-order valence-electron chi connectivity index (χ3n) is 7.57. The van der Waals surface area contributed by atoms with E-state index in [0.717, 1.165) is 37.0 Å². The van der Waals surface area contributed by atoms with Gasteiger partial charge < -0.3 is 9.64 Å². The summed E-state index contributed by atoms with van der Waals surface area (Å²) < 4.78 is 63.6. The van der Waals surface area contributed by atoms with Crippen molar-refractivity contribution in [2.75, 3.05) is 25.1 Å². The van der Waals surface area contributed by atoms with Crippen molar-refractivity contribution in [3.8, 4) is 10.7 Å². The van der Waals surface area contributed by atoms with Gasteiger partial charge in [0.2, 0.25) is 10.0 Å². The SMILES string of the molecule is COC(=O)[C@H]1CN(c2cc(S(=O)(=O)NC3(C)CC3)cn3c(-c4nnc(C(F)F)s4)c(C4CC4)nc23)CC(C)(C)N1. The molecule has 3 aromatic heterocycles. The number of piperazine rings is 1. The number of alkyl halides is 2. The Bertz CT molecular complexity index is 1600. The van der Waals surface area contributed by atoms with Crippen molar-refractivity contribution in [2.24, 2.45) is 0 Å². The van der Waals surface area contributed by atoms with Gasteiger partial charge in [-0.05, 0) is 52.5 Å². The van der Waals surface area contributed by atoms with Gasteiger partial charge >= 0.3 is 5.97 Å². The smallest absolute Gasteiger partial charge is 0.324 e. The molecule has 6 rings (SSSR count). The van der Waals surface area contributed by atoms with Crippen LogP contribution in [0.15, 0.2) is 17.2 Å². The van der Waals surface area contributed by atoms with E-state index in [-0.39, 0.29) is 22.4 Å². The van der Waals surface area contributed by atoms with E-state index < -0.39 is 44.5 Å². The van der Waals surface area contributed by atoms with Gasteiger partial charge in [-0.1, -0.05) is 11.3 Å². The highest BCUT2D eigenvalue weighted by atomic mass is 32.2. The molecule has 216 valence electrons. The molecule has 3 fully saturated rings. The topological polar surface area (TPSA) is 131 Å². The number of aromatic nitrogens is 4. The number of carbonyl (C=O) groups excluding carboxylic acids is 1. The predicted octanol–water partition coefficient (Wildman–Crippen LogP) is 3.23. The number of rotatable bonds is 8. The molecule has 3 aromatic rings. The fraction of sp³-hybridized carbons (Fsp3) is 0.600. The zero-order valence-electron chi connectivity index (χ0n) is 22.6. The second-order valence-electron chi connectivity index (χ2n) is 11.8. The molecule has 2 saturated carbocycles. The van der Waals surface area contributed by atoms with Gasteiger partial charge in [0.05, 0.1) is 18.5 Å². The summed E-state index contributed by atoms with van der Waals surface area (Å²) in [5.74, 6) is -0.329. The summed E-state index contributed by atoms with van der Waals surface area (Å²) in [6.07, 6.45) is 1.93. The van der Waals surface area contributed by atoms with Crippen LogP contribution in [0.4, 0.5) is 14.5 Å². The van der Waals surface area contributed by atoms with Gasteiger partial charge in [0.15, 0.2) is 15.7 Å². The molecule has 0 amide bonds. The van der Waals surface area contributed by atoms with Gasteiger partial charge in [0.25, 0.3) is 6.43 Å². The number of pyridine rings is 1.